The minimum absolute atomic E-state index is 0.0461. The zero-order valence-electron chi connectivity index (χ0n) is 10.2. The molecule has 4 nitrogen and oxygen atoms in total. The number of carboxylic acids is 1. The first-order chi connectivity index (χ1) is 8.41. The van der Waals surface area contributed by atoms with E-state index in [1.807, 2.05) is 13.8 Å². The fourth-order valence-corrected chi connectivity index (χ4v) is 2.24. The van der Waals surface area contributed by atoms with Gasteiger partial charge in [-0.3, -0.25) is 4.21 Å². The molecule has 0 aromatic heterocycles. The standard InChI is InChI=1S/C12H15FO4S/c1-8(2)17-5-6-18(16)9-3-4-11(13)10(7-9)12(14)15/h3-4,7-8H,5-6H2,1-2H3,(H,14,15). The van der Waals surface area contributed by atoms with Crippen LogP contribution in [0.5, 0.6) is 0 Å². The van der Waals surface area contributed by atoms with Gasteiger partial charge >= 0.3 is 5.97 Å². The van der Waals surface area contributed by atoms with Gasteiger partial charge in [0.15, 0.2) is 0 Å². The normalized spacial score (nSPS) is 12.7. The van der Waals surface area contributed by atoms with Crippen LogP contribution in [0.3, 0.4) is 0 Å². The van der Waals surface area contributed by atoms with Crippen molar-refractivity contribution in [3.05, 3.63) is 29.6 Å². The Labute approximate surface area is 107 Å². The number of halogens is 1. The third-order valence-electron chi connectivity index (χ3n) is 2.15. The summed E-state index contributed by atoms with van der Waals surface area (Å²) in [6, 6.07) is 3.44. The summed E-state index contributed by atoms with van der Waals surface area (Å²) in [7, 11) is -1.39. The molecule has 0 heterocycles. The molecular formula is C12H15FO4S. The molecule has 6 heteroatoms. The third-order valence-corrected chi connectivity index (χ3v) is 3.47. The highest BCUT2D eigenvalue weighted by Crippen LogP contribution is 2.14. The van der Waals surface area contributed by atoms with Crippen LogP contribution in [0.4, 0.5) is 4.39 Å². The molecule has 0 radical (unpaired) electrons. The predicted molar refractivity (Wildman–Crippen MR) is 65.7 cm³/mol. The molecule has 1 rings (SSSR count). The second-order valence-electron chi connectivity index (χ2n) is 3.92. The van der Waals surface area contributed by atoms with Crippen LogP contribution in [-0.2, 0) is 15.5 Å². The van der Waals surface area contributed by atoms with Crippen molar-refractivity contribution in [2.45, 2.75) is 24.8 Å². The summed E-state index contributed by atoms with van der Waals surface area (Å²) in [6.45, 7) is 4.04. The van der Waals surface area contributed by atoms with E-state index in [0.717, 1.165) is 12.1 Å². The molecular weight excluding hydrogens is 259 g/mol. The van der Waals surface area contributed by atoms with E-state index in [0.29, 0.717) is 11.5 Å². The molecule has 1 atom stereocenters. The van der Waals surface area contributed by atoms with Crippen LogP contribution in [0.15, 0.2) is 23.1 Å². The van der Waals surface area contributed by atoms with Crippen LogP contribution in [0, 0.1) is 5.82 Å². The Morgan fingerprint density at radius 3 is 2.72 bits per heavy atom. The van der Waals surface area contributed by atoms with Gasteiger partial charge in [0.1, 0.15) is 5.82 Å². The number of benzene rings is 1. The lowest BCUT2D eigenvalue weighted by Gasteiger charge is -2.07. The molecule has 100 valence electrons. The first-order valence-corrected chi connectivity index (χ1v) is 6.76. The van der Waals surface area contributed by atoms with Gasteiger partial charge in [-0.2, -0.15) is 0 Å². The molecule has 0 aliphatic rings. The topological polar surface area (TPSA) is 63.6 Å². The maximum absolute atomic E-state index is 13.1. The van der Waals surface area contributed by atoms with Gasteiger partial charge in [0.05, 0.1) is 34.8 Å². The lowest BCUT2D eigenvalue weighted by molar-refractivity contribution is 0.0691. The highest BCUT2D eigenvalue weighted by Gasteiger charge is 2.13. The minimum atomic E-state index is -1.39. The smallest absolute Gasteiger partial charge is 0.338 e. The van der Waals surface area contributed by atoms with Crippen molar-refractivity contribution < 1.29 is 23.2 Å². The fraction of sp³-hybridized carbons (Fsp3) is 0.417. The minimum Gasteiger partial charge on any atom is -0.478 e. The number of carboxylic acid groups (broad SMARTS) is 1. The average Bonchev–Trinajstić information content (AvgIpc) is 2.28. The van der Waals surface area contributed by atoms with E-state index >= 15 is 0 Å². The predicted octanol–water partition coefficient (Wildman–Crippen LogP) is 2.06. The highest BCUT2D eigenvalue weighted by molar-refractivity contribution is 7.85. The summed E-state index contributed by atoms with van der Waals surface area (Å²) in [5, 5.41) is 8.76. The van der Waals surface area contributed by atoms with E-state index in [9.17, 15) is 13.4 Å². The molecule has 0 fully saturated rings. The van der Waals surface area contributed by atoms with Crippen molar-refractivity contribution in [3.63, 3.8) is 0 Å². The van der Waals surface area contributed by atoms with Gasteiger partial charge in [0.2, 0.25) is 0 Å². The monoisotopic (exact) mass is 274 g/mol. The number of hydrogen-bond donors (Lipinski definition) is 1. The maximum Gasteiger partial charge on any atom is 0.338 e. The Kier molecular flexibility index (Phi) is 5.43. The van der Waals surface area contributed by atoms with Crippen molar-refractivity contribution in [3.8, 4) is 0 Å². The Morgan fingerprint density at radius 1 is 1.50 bits per heavy atom. The first-order valence-electron chi connectivity index (χ1n) is 5.44. The summed E-state index contributed by atoms with van der Waals surface area (Å²) in [4.78, 5) is 11.0. The van der Waals surface area contributed by atoms with Crippen molar-refractivity contribution in [2.24, 2.45) is 0 Å². The van der Waals surface area contributed by atoms with Gasteiger partial charge in [-0.15, -0.1) is 0 Å². The van der Waals surface area contributed by atoms with E-state index in [1.54, 1.807) is 0 Å². The molecule has 0 saturated carbocycles. The van der Waals surface area contributed by atoms with Crippen LogP contribution >= 0.6 is 0 Å². The molecule has 1 aromatic carbocycles. The van der Waals surface area contributed by atoms with Crippen LogP contribution < -0.4 is 0 Å². The van der Waals surface area contributed by atoms with Crippen molar-refractivity contribution in [2.75, 3.05) is 12.4 Å². The highest BCUT2D eigenvalue weighted by atomic mass is 32.2. The molecule has 0 spiro atoms. The second-order valence-corrected chi connectivity index (χ2v) is 5.49. The second kappa shape index (κ2) is 6.61. The zero-order chi connectivity index (χ0) is 13.7. The number of rotatable bonds is 6. The molecule has 0 aliphatic carbocycles. The Bertz CT molecular complexity index is 459. The third kappa shape index (κ3) is 4.19. The van der Waals surface area contributed by atoms with Crippen molar-refractivity contribution >= 4 is 16.8 Å². The van der Waals surface area contributed by atoms with Gasteiger partial charge in [0, 0.05) is 4.90 Å². The SMILES string of the molecule is CC(C)OCCS(=O)c1ccc(F)c(C(=O)O)c1. The van der Waals surface area contributed by atoms with Crippen molar-refractivity contribution in [1.29, 1.82) is 0 Å². The summed E-state index contributed by atoms with van der Waals surface area (Å²) in [6.07, 6.45) is 0.0461. The van der Waals surface area contributed by atoms with Crippen LogP contribution in [-0.4, -0.2) is 33.7 Å². The number of ether oxygens (including phenoxy) is 1. The van der Waals surface area contributed by atoms with E-state index in [2.05, 4.69) is 0 Å². The lowest BCUT2D eigenvalue weighted by Crippen LogP contribution is -2.11. The Morgan fingerprint density at radius 2 is 2.17 bits per heavy atom. The van der Waals surface area contributed by atoms with Gasteiger partial charge in [-0.05, 0) is 32.0 Å². The van der Waals surface area contributed by atoms with Crippen LogP contribution in [0.2, 0.25) is 0 Å². The molecule has 0 aliphatic heterocycles. The molecule has 0 saturated heterocycles. The molecule has 1 aromatic rings. The van der Waals surface area contributed by atoms with Crippen molar-refractivity contribution in [1.82, 2.24) is 0 Å². The number of hydrogen-bond acceptors (Lipinski definition) is 3. The van der Waals surface area contributed by atoms with E-state index < -0.39 is 28.1 Å². The van der Waals surface area contributed by atoms with Crippen LogP contribution in [0.25, 0.3) is 0 Å². The lowest BCUT2D eigenvalue weighted by atomic mass is 10.2. The fourth-order valence-electron chi connectivity index (χ4n) is 1.29. The summed E-state index contributed by atoms with van der Waals surface area (Å²) < 4.78 is 30.2. The quantitative estimate of drug-likeness (QED) is 0.862. The molecule has 18 heavy (non-hydrogen) atoms. The summed E-state index contributed by atoms with van der Waals surface area (Å²) >= 11 is 0. The van der Waals surface area contributed by atoms with E-state index in [-0.39, 0.29) is 11.9 Å². The van der Waals surface area contributed by atoms with Gasteiger partial charge in [-0.25, -0.2) is 9.18 Å². The van der Waals surface area contributed by atoms with Gasteiger partial charge < -0.3 is 9.84 Å². The molecule has 1 unspecified atom stereocenters. The van der Waals surface area contributed by atoms with Gasteiger partial charge in [-0.1, -0.05) is 0 Å². The number of carbonyl (C=O) groups is 1. The summed E-state index contributed by atoms with van der Waals surface area (Å²) in [5.41, 5.74) is -0.467. The zero-order valence-corrected chi connectivity index (χ0v) is 11.0. The van der Waals surface area contributed by atoms with E-state index in [1.165, 1.54) is 6.07 Å². The number of aromatic carboxylic acids is 1. The average molecular weight is 274 g/mol. The van der Waals surface area contributed by atoms with Crippen LogP contribution in [0.1, 0.15) is 24.2 Å². The maximum atomic E-state index is 13.1. The molecule has 0 bridgehead atoms. The molecule has 0 amide bonds. The molecule has 1 N–H and O–H groups in total. The summed E-state index contributed by atoms with van der Waals surface area (Å²) in [5.74, 6) is -1.95. The first kappa shape index (κ1) is 14.8. The Hall–Kier alpha value is -1.27. The van der Waals surface area contributed by atoms with Gasteiger partial charge in [0.25, 0.3) is 0 Å². The largest absolute Gasteiger partial charge is 0.478 e. The van der Waals surface area contributed by atoms with E-state index in [4.69, 9.17) is 9.84 Å². The Balaban J connectivity index is 2.74.